The highest BCUT2D eigenvalue weighted by atomic mass is 32.2. The Morgan fingerprint density at radius 2 is 1.71 bits per heavy atom. The highest BCUT2D eigenvalue weighted by molar-refractivity contribution is 7.92. The molecular weight excluding hydrogens is 454 g/mol. The summed E-state index contributed by atoms with van der Waals surface area (Å²) in [6.45, 7) is 2.49. The minimum Gasteiger partial charge on any atom is -0.497 e. The van der Waals surface area contributed by atoms with Gasteiger partial charge in [-0.1, -0.05) is 18.2 Å². The molecule has 0 radical (unpaired) electrons. The molecule has 1 N–H and O–H groups in total. The Morgan fingerprint density at radius 1 is 0.971 bits per heavy atom. The van der Waals surface area contributed by atoms with E-state index in [9.17, 15) is 13.2 Å². The van der Waals surface area contributed by atoms with Crippen molar-refractivity contribution in [2.45, 2.75) is 13.5 Å². The number of hydrogen-bond donors (Lipinski definition) is 1. The summed E-state index contributed by atoms with van der Waals surface area (Å²) in [5.41, 5.74) is 3.00. The van der Waals surface area contributed by atoms with Crippen molar-refractivity contribution in [3.8, 4) is 11.5 Å². The molecule has 0 unspecified atom stereocenters. The van der Waals surface area contributed by atoms with E-state index >= 15 is 0 Å². The zero-order valence-corrected chi connectivity index (χ0v) is 20.3. The minimum absolute atomic E-state index is 0.223. The Bertz CT molecular complexity index is 1480. The normalized spacial score (nSPS) is 11.5. The molecule has 0 spiro atoms. The number of para-hydroxylation sites is 1. The van der Waals surface area contributed by atoms with E-state index in [2.05, 4.69) is 28.9 Å². The average molecular weight is 482 g/mol. The molecule has 0 atom stereocenters. The van der Waals surface area contributed by atoms with Gasteiger partial charge in [0.15, 0.2) is 0 Å². The van der Waals surface area contributed by atoms with Gasteiger partial charge in [-0.2, -0.15) is 0 Å². The van der Waals surface area contributed by atoms with Gasteiger partial charge in [-0.25, -0.2) is 8.42 Å². The molecule has 0 aliphatic heterocycles. The number of aryl methyl sites for hydroxylation is 1. The number of fused-ring (bicyclic) bond motifs is 3. The van der Waals surface area contributed by atoms with Gasteiger partial charge in [0.2, 0.25) is 15.9 Å². The van der Waals surface area contributed by atoms with Gasteiger partial charge in [0.1, 0.15) is 18.0 Å². The lowest BCUT2D eigenvalue weighted by atomic mass is 10.1. The van der Waals surface area contributed by atoms with E-state index in [-0.39, 0.29) is 5.69 Å². The minimum atomic E-state index is -3.79. The number of nitrogens with one attached hydrogen (secondary N) is 1. The van der Waals surface area contributed by atoms with Crippen LogP contribution in [0.3, 0.4) is 0 Å². The predicted octanol–water partition coefficient (Wildman–Crippen LogP) is 4.24. The fourth-order valence-corrected chi connectivity index (χ4v) is 5.03. The molecule has 4 rings (SSSR count). The summed E-state index contributed by atoms with van der Waals surface area (Å²) >= 11 is 0. The maximum absolute atomic E-state index is 13.0. The molecule has 0 saturated heterocycles. The second-order valence-corrected chi connectivity index (χ2v) is 9.76. The number of hydrogen-bond acceptors (Lipinski definition) is 5. The molecule has 3 aromatic carbocycles. The monoisotopic (exact) mass is 481 g/mol. The molecule has 1 heterocycles. The summed E-state index contributed by atoms with van der Waals surface area (Å²) in [6.07, 6.45) is 1.05. The fraction of sp³-hybridized carbons (Fsp3) is 0.240. The van der Waals surface area contributed by atoms with Crippen molar-refractivity contribution in [2.24, 2.45) is 0 Å². The Kier molecular flexibility index (Phi) is 6.39. The average Bonchev–Trinajstić information content (AvgIpc) is 3.14. The molecule has 0 fully saturated rings. The molecular formula is C25H27N3O5S. The number of nitrogens with zero attached hydrogens (tertiary/aromatic N) is 2. The number of carbonyl (C=O) groups is 1. The number of anilines is 2. The zero-order chi connectivity index (χ0) is 24.5. The summed E-state index contributed by atoms with van der Waals surface area (Å²) in [6, 6.07) is 18.6. The second-order valence-electron chi connectivity index (χ2n) is 7.85. The van der Waals surface area contributed by atoms with Crippen molar-refractivity contribution < 1.29 is 22.7 Å². The fourth-order valence-electron chi connectivity index (χ4n) is 4.18. The SMILES string of the molecule is CCn1c2ccccc2c2cc(NC(=O)CN(c3cc(OC)ccc3OC)S(C)(=O)=O)ccc21. The molecule has 4 aromatic rings. The van der Waals surface area contributed by atoms with Crippen molar-refractivity contribution in [2.75, 3.05) is 36.6 Å². The number of methoxy groups -OCH3 is 2. The van der Waals surface area contributed by atoms with Gasteiger partial charge in [-0.15, -0.1) is 0 Å². The van der Waals surface area contributed by atoms with Gasteiger partial charge < -0.3 is 19.4 Å². The molecule has 8 nitrogen and oxygen atoms in total. The number of benzene rings is 3. The number of aromatic nitrogens is 1. The van der Waals surface area contributed by atoms with Gasteiger partial charge >= 0.3 is 0 Å². The highest BCUT2D eigenvalue weighted by Crippen LogP contribution is 2.34. The van der Waals surface area contributed by atoms with Crippen molar-refractivity contribution >= 4 is 49.1 Å². The number of rotatable bonds is 8. The van der Waals surface area contributed by atoms with Crippen LogP contribution in [0.15, 0.2) is 60.7 Å². The van der Waals surface area contributed by atoms with E-state index in [1.807, 2.05) is 30.3 Å². The van der Waals surface area contributed by atoms with E-state index in [0.717, 1.165) is 38.9 Å². The first-order valence-electron chi connectivity index (χ1n) is 10.8. The van der Waals surface area contributed by atoms with Crippen LogP contribution in [0.5, 0.6) is 11.5 Å². The molecule has 9 heteroatoms. The van der Waals surface area contributed by atoms with Crippen LogP contribution in [0, 0.1) is 0 Å². The van der Waals surface area contributed by atoms with E-state index in [1.165, 1.54) is 20.3 Å². The number of sulfonamides is 1. The van der Waals surface area contributed by atoms with Gasteiger partial charge in [0.25, 0.3) is 0 Å². The Labute approximate surface area is 198 Å². The van der Waals surface area contributed by atoms with Crippen LogP contribution >= 0.6 is 0 Å². The maximum Gasteiger partial charge on any atom is 0.245 e. The predicted molar refractivity (Wildman–Crippen MR) is 135 cm³/mol. The first-order chi connectivity index (χ1) is 16.3. The molecule has 178 valence electrons. The van der Waals surface area contributed by atoms with Gasteiger partial charge in [0.05, 0.1) is 26.2 Å². The van der Waals surface area contributed by atoms with Crippen LogP contribution < -0.4 is 19.1 Å². The lowest BCUT2D eigenvalue weighted by Gasteiger charge is -2.24. The molecule has 0 aliphatic rings. The van der Waals surface area contributed by atoms with Gasteiger partial charge in [-0.05, 0) is 43.3 Å². The van der Waals surface area contributed by atoms with Crippen molar-refractivity contribution in [3.05, 3.63) is 60.7 Å². The van der Waals surface area contributed by atoms with Crippen molar-refractivity contribution in [1.29, 1.82) is 0 Å². The van der Waals surface area contributed by atoms with Gasteiger partial charge in [0, 0.05) is 40.1 Å². The summed E-state index contributed by atoms with van der Waals surface area (Å²) < 4.78 is 39.0. The molecule has 1 amide bonds. The molecule has 0 aliphatic carbocycles. The zero-order valence-electron chi connectivity index (χ0n) is 19.5. The first kappa shape index (κ1) is 23.4. The Hall–Kier alpha value is -3.72. The van der Waals surface area contributed by atoms with Crippen LogP contribution in [0.2, 0.25) is 0 Å². The van der Waals surface area contributed by atoms with Crippen LogP contribution in [-0.4, -0.2) is 45.9 Å². The number of amides is 1. The van der Waals surface area contributed by atoms with Crippen molar-refractivity contribution in [3.63, 3.8) is 0 Å². The second kappa shape index (κ2) is 9.26. The standard InChI is InChI=1S/C25H27N3O5S/c1-5-27-21-9-7-6-8-19(21)20-14-17(10-12-22(20)27)26-25(29)16-28(34(4,30)31)23-15-18(32-2)11-13-24(23)33-3/h6-15H,5,16H2,1-4H3,(H,26,29). The van der Waals surface area contributed by atoms with E-state index in [1.54, 1.807) is 12.1 Å². The topological polar surface area (TPSA) is 89.9 Å². The smallest absolute Gasteiger partial charge is 0.245 e. The van der Waals surface area contributed by atoms with E-state index < -0.39 is 22.5 Å². The molecule has 34 heavy (non-hydrogen) atoms. The lowest BCUT2D eigenvalue weighted by molar-refractivity contribution is -0.114. The third-order valence-corrected chi connectivity index (χ3v) is 6.84. The number of ether oxygens (including phenoxy) is 2. The van der Waals surface area contributed by atoms with Crippen LogP contribution in [0.25, 0.3) is 21.8 Å². The summed E-state index contributed by atoms with van der Waals surface area (Å²) in [5.74, 6) is 0.282. The quantitative estimate of drug-likeness (QED) is 0.407. The van der Waals surface area contributed by atoms with Gasteiger partial charge in [-0.3, -0.25) is 9.10 Å². The molecule has 0 bridgehead atoms. The third-order valence-electron chi connectivity index (χ3n) is 5.71. The summed E-state index contributed by atoms with van der Waals surface area (Å²) in [7, 11) is -0.874. The third kappa shape index (κ3) is 4.38. The largest absolute Gasteiger partial charge is 0.497 e. The van der Waals surface area contributed by atoms with E-state index in [0.29, 0.717) is 17.2 Å². The van der Waals surface area contributed by atoms with E-state index in [4.69, 9.17) is 9.47 Å². The van der Waals surface area contributed by atoms with Crippen LogP contribution in [0.4, 0.5) is 11.4 Å². The molecule has 0 saturated carbocycles. The van der Waals surface area contributed by atoms with Crippen LogP contribution in [0.1, 0.15) is 6.92 Å². The summed E-state index contributed by atoms with van der Waals surface area (Å²) in [5, 5.41) is 4.95. The summed E-state index contributed by atoms with van der Waals surface area (Å²) in [4.78, 5) is 13.0. The Balaban J connectivity index is 1.66. The van der Waals surface area contributed by atoms with Crippen LogP contribution in [-0.2, 0) is 21.4 Å². The van der Waals surface area contributed by atoms with Crippen molar-refractivity contribution in [1.82, 2.24) is 4.57 Å². The highest BCUT2D eigenvalue weighted by Gasteiger charge is 2.25. The maximum atomic E-state index is 13.0. The first-order valence-corrected chi connectivity index (χ1v) is 12.6. The molecule has 1 aromatic heterocycles. The number of carbonyl (C=O) groups excluding carboxylic acids is 1. The Morgan fingerprint density at radius 3 is 2.38 bits per heavy atom. The lowest BCUT2D eigenvalue weighted by Crippen LogP contribution is -2.37.